The first kappa shape index (κ1) is 21.3. The highest BCUT2D eigenvalue weighted by molar-refractivity contribution is 6.32. The van der Waals surface area contributed by atoms with Gasteiger partial charge in [0.2, 0.25) is 0 Å². The highest BCUT2D eigenvalue weighted by Gasteiger charge is 2.11. The molecule has 1 aromatic carbocycles. The van der Waals surface area contributed by atoms with Crippen molar-refractivity contribution in [2.24, 2.45) is 0 Å². The number of benzene rings is 1. The molecule has 0 saturated heterocycles. The van der Waals surface area contributed by atoms with Crippen LogP contribution >= 0.6 is 24.0 Å². The van der Waals surface area contributed by atoms with E-state index in [-0.39, 0.29) is 18.4 Å². The summed E-state index contributed by atoms with van der Waals surface area (Å²) >= 11 is 6.23. The maximum atomic E-state index is 6.23. The number of hydrogen-bond donors (Lipinski definition) is 1. The van der Waals surface area contributed by atoms with Gasteiger partial charge in [0.1, 0.15) is 0 Å². The van der Waals surface area contributed by atoms with Crippen molar-refractivity contribution in [1.29, 1.82) is 0 Å². The molecule has 6 nitrogen and oxygen atoms in total. The van der Waals surface area contributed by atoms with Crippen LogP contribution < -0.4 is 14.8 Å². The maximum absolute atomic E-state index is 6.23. The van der Waals surface area contributed by atoms with Crippen LogP contribution in [0.1, 0.15) is 31.1 Å². The minimum Gasteiger partial charge on any atom is -0.491 e. The van der Waals surface area contributed by atoms with Crippen molar-refractivity contribution in [3.05, 3.63) is 34.4 Å². The van der Waals surface area contributed by atoms with Crippen molar-refractivity contribution in [3.8, 4) is 11.5 Å². The Morgan fingerprint density at radius 3 is 2.76 bits per heavy atom. The van der Waals surface area contributed by atoms with Gasteiger partial charge in [-0.2, -0.15) is 4.98 Å². The van der Waals surface area contributed by atoms with E-state index in [4.69, 9.17) is 25.6 Å². The van der Waals surface area contributed by atoms with Crippen LogP contribution in [0.15, 0.2) is 16.7 Å². The lowest BCUT2D eigenvalue weighted by atomic mass is 10.2. The van der Waals surface area contributed by atoms with Crippen LogP contribution in [0.25, 0.3) is 12.2 Å². The molecule has 0 bridgehead atoms. The average molecular weight is 388 g/mol. The third-order valence-corrected chi connectivity index (χ3v) is 3.70. The summed E-state index contributed by atoms with van der Waals surface area (Å²) in [6, 6.07) is 3.93. The molecule has 2 aromatic rings. The monoisotopic (exact) mass is 387 g/mol. The van der Waals surface area contributed by atoms with E-state index in [1.54, 1.807) is 19.3 Å². The number of rotatable bonds is 8. The quantitative estimate of drug-likeness (QED) is 0.740. The van der Waals surface area contributed by atoms with E-state index in [2.05, 4.69) is 22.4 Å². The molecule has 0 fully saturated rings. The zero-order chi connectivity index (χ0) is 17.5. The maximum Gasteiger partial charge on any atom is 0.250 e. The standard InChI is InChI=1S/C17H22ClN3O3.ClH/c1-5-23-14-10-12(9-13(18)17(14)22-4)6-7-16-20-15(21-24-16)8-11(2)19-3;/h6-7,9-11,19H,5,8H2,1-4H3;1H/b7-6+;. The fraction of sp³-hybridized carbons (Fsp3) is 0.412. The van der Waals surface area contributed by atoms with E-state index in [1.807, 2.05) is 26.1 Å². The van der Waals surface area contributed by atoms with Crippen molar-refractivity contribution in [2.45, 2.75) is 26.3 Å². The fourth-order valence-corrected chi connectivity index (χ4v) is 2.40. The topological polar surface area (TPSA) is 69.4 Å². The van der Waals surface area contributed by atoms with E-state index in [1.165, 1.54) is 0 Å². The molecule has 2 rings (SSSR count). The summed E-state index contributed by atoms with van der Waals surface area (Å²) < 4.78 is 16.0. The number of nitrogens with zero attached hydrogens (tertiary/aromatic N) is 2. The lowest BCUT2D eigenvalue weighted by molar-refractivity contribution is 0.311. The van der Waals surface area contributed by atoms with E-state index in [0.717, 1.165) is 5.56 Å². The minimum atomic E-state index is 0. The summed E-state index contributed by atoms with van der Waals surface area (Å²) in [5, 5.41) is 7.58. The second-order valence-electron chi connectivity index (χ2n) is 5.24. The van der Waals surface area contributed by atoms with Crippen LogP contribution in [0.3, 0.4) is 0 Å². The zero-order valence-electron chi connectivity index (χ0n) is 14.7. The number of ether oxygens (including phenoxy) is 2. The third-order valence-electron chi connectivity index (χ3n) is 3.42. The number of methoxy groups -OCH3 is 1. The van der Waals surface area contributed by atoms with Gasteiger partial charge in [0, 0.05) is 18.5 Å². The van der Waals surface area contributed by atoms with Crippen LogP contribution in [0.4, 0.5) is 0 Å². The molecular formula is C17H23Cl2N3O3. The average Bonchev–Trinajstić information content (AvgIpc) is 3.00. The Balaban J connectivity index is 0.00000312. The molecule has 138 valence electrons. The molecule has 1 N–H and O–H groups in total. The predicted molar refractivity (Wildman–Crippen MR) is 102 cm³/mol. The minimum absolute atomic E-state index is 0. The van der Waals surface area contributed by atoms with Crippen molar-refractivity contribution in [3.63, 3.8) is 0 Å². The first-order valence-corrected chi connectivity index (χ1v) is 8.13. The molecule has 1 atom stereocenters. The smallest absolute Gasteiger partial charge is 0.250 e. The molecule has 0 aliphatic rings. The van der Waals surface area contributed by atoms with Crippen molar-refractivity contribution in [1.82, 2.24) is 15.5 Å². The number of nitrogens with one attached hydrogen (secondary N) is 1. The van der Waals surface area contributed by atoms with Crippen LogP contribution in [-0.4, -0.2) is 36.9 Å². The first-order chi connectivity index (χ1) is 11.6. The van der Waals surface area contributed by atoms with Crippen molar-refractivity contribution in [2.75, 3.05) is 20.8 Å². The molecule has 25 heavy (non-hydrogen) atoms. The summed E-state index contributed by atoms with van der Waals surface area (Å²) in [6.07, 6.45) is 4.29. The second-order valence-corrected chi connectivity index (χ2v) is 5.65. The largest absolute Gasteiger partial charge is 0.491 e. The van der Waals surface area contributed by atoms with E-state index >= 15 is 0 Å². The Bertz CT molecular complexity index is 704. The summed E-state index contributed by atoms with van der Waals surface area (Å²) in [5.41, 5.74) is 0.854. The van der Waals surface area contributed by atoms with Gasteiger partial charge in [-0.1, -0.05) is 16.8 Å². The number of halogens is 2. The molecular weight excluding hydrogens is 365 g/mol. The van der Waals surface area contributed by atoms with Gasteiger partial charge in [-0.05, 0) is 44.7 Å². The molecule has 0 saturated carbocycles. The van der Waals surface area contributed by atoms with Gasteiger partial charge < -0.3 is 19.3 Å². The van der Waals surface area contributed by atoms with Crippen LogP contribution in [0, 0.1) is 0 Å². The summed E-state index contributed by atoms with van der Waals surface area (Å²) in [4.78, 5) is 4.33. The fourth-order valence-electron chi connectivity index (χ4n) is 2.11. The Kier molecular flexibility index (Phi) is 8.75. The van der Waals surface area contributed by atoms with Gasteiger partial charge in [0.15, 0.2) is 17.3 Å². The molecule has 1 unspecified atom stereocenters. The van der Waals surface area contributed by atoms with Gasteiger partial charge in [-0.3, -0.25) is 0 Å². The Morgan fingerprint density at radius 2 is 2.12 bits per heavy atom. The summed E-state index contributed by atoms with van der Waals surface area (Å²) in [7, 11) is 3.46. The lowest BCUT2D eigenvalue weighted by Gasteiger charge is -2.11. The molecule has 1 aromatic heterocycles. The molecule has 0 spiro atoms. The Morgan fingerprint density at radius 1 is 1.36 bits per heavy atom. The zero-order valence-corrected chi connectivity index (χ0v) is 16.3. The summed E-state index contributed by atoms with van der Waals surface area (Å²) in [5.74, 6) is 2.23. The van der Waals surface area contributed by atoms with Crippen LogP contribution in [0.5, 0.6) is 11.5 Å². The second kappa shape index (κ2) is 10.3. The Labute approximate surface area is 159 Å². The van der Waals surface area contributed by atoms with Crippen molar-refractivity contribution < 1.29 is 14.0 Å². The predicted octanol–water partition coefficient (Wildman–Crippen LogP) is 3.87. The van der Waals surface area contributed by atoms with E-state index in [9.17, 15) is 0 Å². The van der Waals surface area contributed by atoms with Gasteiger partial charge >= 0.3 is 0 Å². The van der Waals surface area contributed by atoms with E-state index in [0.29, 0.717) is 41.3 Å². The highest BCUT2D eigenvalue weighted by atomic mass is 35.5. The SMILES string of the molecule is CCOc1cc(/C=C/c2nc(CC(C)NC)no2)cc(Cl)c1OC.Cl. The first-order valence-electron chi connectivity index (χ1n) is 7.75. The Hall–Kier alpha value is -1.76. The number of hydrogen-bond acceptors (Lipinski definition) is 6. The highest BCUT2D eigenvalue weighted by Crippen LogP contribution is 2.36. The lowest BCUT2D eigenvalue weighted by Crippen LogP contribution is -2.24. The van der Waals surface area contributed by atoms with Gasteiger partial charge in [-0.15, -0.1) is 12.4 Å². The van der Waals surface area contributed by atoms with Crippen molar-refractivity contribution >= 4 is 36.2 Å². The molecule has 0 aliphatic heterocycles. The van der Waals surface area contributed by atoms with Gasteiger partial charge in [-0.25, -0.2) is 0 Å². The molecule has 0 amide bonds. The van der Waals surface area contributed by atoms with Gasteiger partial charge in [0.05, 0.1) is 18.7 Å². The summed E-state index contributed by atoms with van der Waals surface area (Å²) in [6.45, 7) is 4.49. The number of aromatic nitrogens is 2. The normalized spacial score (nSPS) is 12.0. The molecule has 8 heteroatoms. The van der Waals surface area contributed by atoms with Crippen LogP contribution in [0.2, 0.25) is 5.02 Å². The molecule has 0 radical (unpaired) electrons. The van der Waals surface area contributed by atoms with E-state index < -0.39 is 0 Å². The van der Waals surface area contributed by atoms with Gasteiger partial charge in [0.25, 0.3) is 5.89 Å². The molecule has 0 aliphatic carbocycles. The van der Waals surface area contributed by atoms with Crippen LogP contribution in [-0.2, 0) is 6.42 Å². The third kappa shape index (κ3) is 5.92. The molecule has 1 heterocycles. The number of likely N-dealkylation sites (N-methyl/N-ethyl adjacent to an activating group) is 1.